The van der Waals surface area contributed by atoms with E-state index in [0.717, 1.165) is 5.56 Å². The van der Waals surface area contributed by atoms with Crippen LogP contribution in [0.1, 0.15) is 28.8 Å². The Morgan fingerprint density at radius 2 is 1.71 bits per heavy atom. The quantitative estimate of drug-likeness (QED) is 0.739. The molecule has 0 radical (unpaired) electrons. The van der Waals surface area contributed by atoms with Crippen LogP contribution in [0.2, 0.25) is 10.0 Å². The van der Waals surface area contributed by atoms with Gasteiger partial charge in [0.05, 0.1) is 12.7 Å². The second-order valence-corrected chi connectivity index (χ2v) is 6.15. The second kappa shape index (κ2) is 8.18. The Bertz CT molecular complexity index is 775. The molecule has 0 aliphatic rings. The number of anilines is 1. The van der Waals surface area contributed by atoms with Crippen molar-refractivity contribution in [2.45, 2.75) is 19.8 Å². The molecule has 2 aromatic rings. The van der Waals surface area contributed by atoms with E-state index >= 15 is 0 Å². The number of ketones is 1. The minimum absolute atomic E-state index is 0.0647. The molecular weight excluding hydrogens is 349 g/mol. The van der Waals surface area contributed by atoms with Crippen LogP contribution in [0, 0.1) is 6.92 Å². The van der Waals surface area contributed by atoms with Crippen molar-refractivity contribution in [3.63, 3.8) is 0 Å². The summed E-state index contributed by atoms with van der Waals surface area (Å²) in [5.41, 5.74) is 1.91. The van der Waals surface area contributed by atoms with E-state index in [9.17, 15) is 9.59 Å². The minimum Gasteiger partial charge on any atom is -0.496 e. The molecule has 6 heteroatoms. The third kappa shape index (κ3) is 4.73. The number of halogens is 2. The maximum atomic E-state index is 12.3. The van der Waals surface area contributed by atoms with Gasteiger partial charge in [-0.15, -0.1) is 0 Å². The molecule has 0 fully saturated rings. The standard InChI is InChI=1S/C18H17Cl2NO3/c1-11-9-12(19)3-5-15(11)21-18(23)8-6-16(22)14-10-13(20)4-7-17(14)24-2/h3-5,7,9-10H,6,8H2,1-2H3,(H,21,23). The molecule has 0 atom stereocenters. The van der Waals surface area contributed by atoms with Crippen molar-refractivity contribution in [1.29, 1.82) is 0 Å². The SMILES string of the molecule is COc1ccc(Cl)cc1C(=O)CCC(=O)Nc1ccc(Cl)cc1C. The second-order valence-electron chi connectivity index (χ2n) is 5.28. The van der Waals surface area contributed by atoms with E-state index in [1.54, 1.807) is 36.4 Å². The van der Waals surface area contributed by atoms with Gasteiger partial charge in [0.25, 0.3) is 0 Å². The Balaban J connectivity index is 1.99. The van der Waals surface area contributed by atoms with Crippen LogP contribution in [0.15, 0.2) is 36.4 Å². The molecule has 2 aromatic carbocycles. The topological polar surface area (TPSA) is 55.4 Å². The van der Waals surface area contributed by atoms with Crippen LogP contribution >= 0.6 is 23.2 Å². The third-order valence-corrected chi connectivity index (χ3v) is 3.97. The molecule has 1 N–H and O–H groups in total. The summed E-state index contributed by atoms with van der Waals surface area (Å²) in [5.74, 6) is 0.00505. The highest BCUT2D eigenvalue weighted by Crippen LogP contribution is 2.24. The normalized spacial score (nSPS) is 10.3. The highest BCUT2D eigenvalue weighted by Gasteiger charge is 2.15. The van der Waals surface area contributed by atoms with Gasteiger partial charge in [0, 0.05) is 28.6 Å². The molecule has 0 aliphatic carbocycles. The molecule has 0 heterocycles. The molecule has 24 heavy (non-hydrogen) atoms. The Kier molecular flexibility index (Phi) is 6.23. The molecule has 4 nitrogen and oxygen atoms in total. The summed E-state index contributed by atoms with van der Waals surface area (Å²) >= 11 is 11.8. The zero-order chi connectivity index (χ0) is 17.7. The lowest BCUT2D eigenvalue weighted by Gasteiger charge is -2.10. The summed E-state index contributed by atoms with van der Waals surface area (Å²) < 4.78 is 5.16. The van der Waals surface area contributed by atoms with Gasteiger partial charge in [-0.1, -0.05) is 23.2 Å². The first-order chi connectivity index (χ1) is 11.4. The fourth-order valence-corrected chi connectivity index (χ4v) is 2.64. The average Bonchev–Trinajstić information content (AvgIpc) is 2.55. The number of benzene rings is 2. The lowest BCUT2D eigenvalue weighted by atomic mass is 10.1. The fraction of sp³-hybridized carbons (Fsp3) is 0.222. The van der Waals surface area contributed by atoms with Crippen LogP contribution in [-0.4, -0.2) is 18.8 Å². The predicted octanol–water partition coefficient (Wildman–Crippen LogP) is 4.91. The molecule has 0 aromatic heterocycles. The van der Waals surface area contributed by atoms with Gasteiger partial charge in [-0.3, -0.25) is 9.59 Å². The van der Waals surface area contributed by atoms with E-state index < -0.39 is 0 Å². The summed E-state index contributed by atoms with van der Waals surface area (Å²) in [7, 11) is 1.48. The van der Waals surface area contributed by atoms with E-state index in [0.29, 0.717) is 27.0 Å². The van der Waals surface area contributed by atoms with Crippen LogP contribution in [0.4, 0.5) is 5.69 Å². The molecular formula is C18H17Cl2NO3. The van der Waals surface area contributed by atoms with Crippen molar-refractivity contribution in [1.82, 2.24) is 0 Å². The maximum absolute atomic E-state index is 12.3. The van der Waals surface area contributed by atoms with Crippen LogP contribution < -0.4 is 10.1 Å². The van der Waals surface area contributed by atoms with Crippen molar-refractivity contribution in [2.75, 3.05) is 12.4 Å². The highest BCUT2D eigenvalue weighted by molar-refractivity contribution is 6.31. The first-order valence-electron chi connectivity index (χ1n) is 7.33. The number of carbonyl (C=O) groups excluding carboxylic acids is 2. The van der Waals surface area contributed by atoms with Crippen molar-refractivity contribution >= 4 is 40.6 Å². The number of rotatable bonds is 6. The van der Waals surface area contributed by atoms with E-state index in [-0.39, 0.29) is 24.5 Å². The minimum atomic E-state index is -0.241. The monoisotopic (exact) mass is 365 g/mol. The lowest BCUT2D eigenvalue weighted by molar-refractivity contribution is -0.116. The van der Waals surface area contributed by atoms with Gasteiger partial charge in [0.15, 0.2) is 5.78 Å². The van der Waals surface area contributed by atoms with Gasteiger partial charge in [0.1, 0.15) is 5.75 Å². The van der Waals surface area contributed by atoms with Crippen LogP contribution in [-0.2, 0) is 4.79 Å². The van der Waals surface area contributed by atoms with Crippen molar-refractivity contribution in [3.8, 4) is 5.75 Å². The first-order valence-corrected chi connectivity index (χ1v) is 8.09. The van der Waals surface area contributed by atoms with Gasteiger partial charge < -0.3 is 10.1 Å². The van der Waals surface area contributed by atoms with Crippen LogP contribution in [0.5, 0.6) is 5.75 Å². The van der Waals surface area contributed by atoms with E-state index in [1.165, 1.54) is 7.11 Å². The predicted molar refractivity (Wildman–Crippen MR) is 96.4 cm³/mol. The highest BCUT2D eigenvalue weighted by atomic mass is 35.5. The zero-order valence-corrected chi connectivity index (χ0v) is 14.9. The number of nitrogens with one attached hydrogen (secondary N) is 1. The first kappa shape index (κ1) is 18.3. The third-order valence-electron chi connectivity index (χ3n) is 3.50. The van der Waals surface area contributed by atoms with Gasteiger partial charge in [-0.05, 0) is 48.9 Å². The summed E-state index contributed by atoms with van der Waals surface area (Å²) in [6, 6.07) is 10.0. The Morgan fingerprint density at radius 1 is 1.04 bits per heavy atom. The number of Topliss-reactive ketones (excluding diaryl/α,β-unsaturated/α-hetero) is 1. The molecule has 0 bridgehead atoms. The van der Waals surface area contributed by atoms with Gasteiger partial charge in [0.2, 0.25) is 5.91 Å². The number of hydrogen-bond donors (Lipinski definition) is 1. The van der Waals surface area contributed by atoms with Crippen molar-refractivity contribution < 1.29 is 14.3 Å². The summed E-state index contributed by atoms with van der Waals surface area (Å²) in [6.45, 7) is 1.85. The number of hydrogen-bond acceptors (Lipinski definition) is 3. The van der Waals surface area contributed by atoms with E-state index in [2.05, 4.69) is 5.32 Å². The molecule has 0 saturated heterocycles. The molecule has 1 amide bonds. The molecule has 126 valence electrons. The number of amides is 1. The number of carbonyl (C=O) groups is 2. The van der Waals surface area contributed by atoms with Gasteiger partial charge >= 0.3 is 0 Å². The summed E-state index contributed by atoms with van der Waals surface area (Å²) in [5, 5.41) is 3.83. The smallest absolute Gasteiger partial charge is 0.224 e. The van der Waals surface area contributed by atoms with Gasteiger partial charge in [-0.2, -0.15) is 0 Å². The molecule has 0 unspecified atom stereocenters. The Labute approximate surface area is 150 Å². The Morgan fingerprint density at radius 3 is 2.38 bits per heavy atom. The fourth-order valence-electron chi connectivity index (χ4n) is 2.24. The molecule has 0 aliphatic heterocycles. The van der Waals surface area contributed by atoms with E-state index in [1.807, 2.05) is 6.92 Å². The maximum Gasteiger partial charge on any atom is 0.224 e. The van der Waals surface area contributed by atoms with E-state index in [4.69, 9.17) is 27.9 Å². The molecule has 0 saturated carbocycles. The van der Waals surface area contributed by atoms with Crippen LogP contribution in [0.3, 0.4) is 0 Å². The zero-order valence-electron chi connectivity index (χ0n) is 13.4. The molecule has 0 spiro atoms. The molecule has 2 rings (SSSR count). The largest absolute Gasteiger partial charge is 0.496 e. The van der Waals surface area contributed by atoms with Crippen molar-refractivity contribution in [3.05, 3.63) is 57.6 Å². The lowest BCUT2D eigenvalue weighted by Crippen LogP contribution is -2.14. The average molecular weight is 366 g/mol. The number of ether oxygens (including phenoxy) is 1. The van der Waals surface area contributed by atoms with Gasteiger partial charge in [-0.25, -0.2) is 0 Å². The Hall–Kier alpha value is -2.04. The number of methoxy groups -OCH3 is 1. The number of aryl methyl sites for hydroxylation is 1. The van der Waals surface area contributed by atoms with Crippen molar-refractivity contribution in [2.24, 2.45) is 0 Å². The van der Waals surface area contributed by atoms with Crippen LogP contribution in [0.25, 0.3) is 0 Å². The summed E-state index contributed by atoms with van der Waals surface area (Å²) in [6.07, 6.45) is 0.131. The summed E-state index contributed by atoms with van der Waals surface area (Å²) in [4.78, 5) is 24.4.